The Morgan fingerprint density at radius 1 is 0.927 bits per heavy atom. The molecule has 1 N–H and O–H groups in total. The SMILES string of the molecule is CC(=O)Oc1ccc(/C=C/SCc2c(F)c(F)c(F)c(F)c2F)cc1OC(=O)NC(=O)c1ccc([N+](=O)[O-])c(C)c1. The average Bonchev–Trinajstić information content (AvgIpc) is 2.91. The van der Waals surface area contributed by atoms with Gasteiger partial charge in [-0.2, -0.15) is 0 Å². The molecule has 0 saturated heterocycles. The van der Waals surface area contributed by atoms with Crippen LogP contribution in [0.4, 0.5) is 32.4 Å². The second kappa shape index (κ2) is 13.0. The number of esters is 1. The molecule has 41 heavy (non-hydrogen) atoms. The molecule has 9 nitrogen and oxygen atoms in total. The summed E-state index contributed by atoms with van der Waals surface area (Å²) in [5.74, 6) is -13.1. The van der Waals surface area contributed by atoms with Crippen molar-refractivity contribution in [3.8, 4) is 11.5 Å². The molecule has 0 aliphatic rings. The van der Waals surface area contributed by atoms with Gasteiger partial charge in [0, 0.05) is 35.4 Å². The molecule has 0 atom stereocenters. The quantitative estimate of drug-likeness (QED) is 0.0606. The van der Waals surface area contributed by atoms with Gasteiger partial charge in [-0.15, -0.1) is 11.8 Å². The number of nitrogens with one attached hydrogen (secondary N) is 1. The number of ether oxygens (including phenoxy) is 2. The molecule has 0 fully saturated rings. The van der Waals surface area contributed by atoms with Gasteiger partial charge in [-0.3, -0.25) is 25.0 Å². The van der Waals surface area contributed by atoms with Gasteiger partial charge < -0.3 is 9.47 Å². The zero-order chi connectivity index (χ0) is 30.4. The number of nitro benzene ring substituents is 1. The van der Waals surface area contributed by atoms with Crippen molar-refractivity contribution in [3.05, 3.63) is 103 Å². The summed E-state index contributed by atoms with van der Waals surface area (Å²) in [5.41, 5.74) is -0.871. The van der Waals surface area contributed by atoms with E-state index in [2.05, 4.69) is 0 Å². The number of nitrogens with zero attached hydrogens (tertiary/aromatic N) is 1. The van der Waals surface area contributed by atoms with E-state index in [4.69, 9.17) is 9.47 Å². The van der Waals surface area contributed by atoms with Gasteiger partial charge in [0.1, 0.15) is 0 Å². The van der Waals surface area contributed by atoms with E-state index in [1.165, 1.54) is 42.7 Å². The van der Waals surface area contributed by atoms with Gasteiger partial charge in [-0.05, 0) is 48.2 Å². The summed E-state index contributed by atoms with van der Waals surface area (Å²) in [6.07, 6.45) is 0.0466. The van der Waals surface area contributed by atoms with Crippen molar-refractivity contribution in [2.24, 2.45) is 0 Å². The van der Waals surface area contributed by atoms with Crippen LogP contribution in [-0.2, 0) is 10.5 Å². The van der Waals surface area contributed by atoms with Gasteiger partial charge in [0.05, 0.1) is 4.92 Å². The number of nitro groups is 1. The van der Waals surface area contributed by atoms with Gasteiger partial charge in [0.15, 0.2) is 34.8 Å². The predicted octanol–water partition coefficient (Wildman–Crippen LogP) is 6.36. The second-order valence-corrected chi connectivity index (χ2v) is 8.96. The molecule has 3 rings (SSSR count). The first-order chi connectivity index (χ1) is 19.3. The van der Waals surface area contributed by atoms with Crippen LogP contribution in [0, 0.1) is 46.1 Å². The van der Waals surface area contributed by atoms with E-state index in [1.807, 2.05) is 5.32 Å². The molecule has 0 saturated carbocycles. The summed E-state index contributed by atoms with van der Waals surface area (Å²) >= 11 is 0.689. The summed E-state index contributed by atoms with van der Waals surface area (Å²) in [4.78, 5) is 46.5. The number of carbonyl (C=O) groups excluding carboxylic acids is 3. The Balaban J connectivity index is 1.74. The topological polar surface area (TPSA) is 125 Å². The Hall–Kier alpha value is -4.79. The minimum atomic E-state index is -2.27. The molecule has 0 spiro atoms. The third kappa shape index (κ3) is 7.45. The molecule has 0 aliphatic heterocycles. The van der Waals surface area contributed by atoms with Crippen molar-refractivity contribution in [3.63, 3.8) is 0 Å². The van der Waals surface area contributed by atoms with Crippen LogP contribution in [-0.4, -0.2) is 22.9 Å². The minimum absolute atomic E-state index is 0.0761. The van der Waals surface area contributed by atoms with Gasteiger partial charge >= 0.3 is 12.1 Å². The summed E-state index contributed by atoms with van der Waals surface area (Å²) in [6.45, 7) is 2.48. The number of hydrogen-bond donors (Lipinski definition) is 1. The minimum Gasteiger partial charge on any atom is -0.423 e. The predicted molar refractivity (Wildman–Crippen MR) is 136 cm³/mol. The van der Waals surface area contributed by atoms with E-state index in [-0.39, 0.29) is 33.9 Å². The first-order valence-corrected chi connectivity index (χ1v) is 12.2. The molecule has 2 amide bonds. The summed E-state index contributed by atoms with van der Waals surface area (Å²) in [5, 5.41) is 14.1. The van der Waals surface area contributed by atoms with Crippen LogP contribution >= 0.6 is 11.8 Å². The van der Waals surface area contributed by atoms with Gasteiger partial charge in [0.25, 0.3) is 11.6 Å². The van der Waals surface area contributed by atoms with Crippen LogP contribution in [0.5, 0.6) is 11.5 Å². The molecule has 0 radical (unpaired) electrons. The number of imide groups is 1. The monoisotopic (exact) mass is 596 g/mol. The lowest BCUT2D eigenvalue weighted by molar-refractivity contribution is -0.385. The number of aryl methyl sites for hydroxylation is 1. The molecular formula is C26H17F5N2O7S. The van der Waals surface area contributed by atoms with E-state index >= 15 is 0 Å². The van der Waals surface area contributed by atoms with Gasteiger partial charge in [-0.25, -0.2) is 26.7 Å². The van der Waals surface area contributed by atoms with Crippen molar-refractivity contribution in [2.75, 3.05) is 0 Å². The number of carbonyl (C=O) groups is 3. The second-order valence-electron chi connectivity index (χ2n) is 8.06. The Bertz CT molecular complexity index is 1570. The Labute approximate surface area is 232 Å². The molecule has 0 unspecified atom stereocenters. The number of halogens is 5. The van der Waals surface area contributed by atoms with Crippen LogP contribution in [0.1, 0.15) is 34.0 Å². The third-order valence-electron chi connectivity index (χ3n) is 5.18. The maximum atomic E-state index is 13.8. The third-order valence-corrected chi connectivity index (χ3v) is 5.96. The number of amides is 2. The molecule has 3 aromatic rings. The maximum Gasteiger partial charge on any atom is 0.419 e. The molecule has 0 aliphatic carbocycles. The van der Waals surface area contributed by atoms with E-state index in [0.29, 0.717) is 11.8 Å². The zero-order valence-electron chi connectivity index (χ0n) is 20.9. The van der Waals surface area contributed by atoms with Crippen LogP contribution in [0.2, 0.25) is 0 Å². The number of rotatable bonds is 8. The van der Waals surface area contributed by atoms with Crippen molar-refractivity contribution in [2.45, 2.75) is 19.6 Å². The Kier molecular flexibility index (Phi) is 9.78. The number of hydrogen-bond acceptors (Lipinski definition) is 8. The highest BCUT2D eigenvalue weighted by molar-refractivity contribution is 8.01. The van der Waals surface area contributed by atoms with Crippen molar-refractivity contribution in [1.29, 1.82) is 0 Å². The van der Waals surface area contributed by atoms with Crippen LogP contribution in [0.25, 0.3) is 6.08 Å². The summed E-state index contributed by atoms with van der Waals surface area (Å²) in [6, 6.07) is 7.25. The molecule has 0 heterocycles. The van der Waals surface area contributed by atoms with Crippen molar-refractivity contribution < 1.29 is 50.7 Å². The number of thioether (sulfide) groups is 1. The average molecular weight is 596 g/mol. The van der Waals surface area contributed by atoms with Gasteiger partial charge in [0.2, 0.25) is 5.82 Å². The fourth-order valence-corrected chi connectivity index (χ4v) is 4.04. The first-order valence-electron chi connectivity index (χ1n) is 11.2. The molecule has 15 heteroatoms. The standard InChI is InChI=1S/C26H17F5N2O7S/c1-12-9-15(4-5-17(12)33(37)38)25(35)32-26(36)40-19-10-14(3-6-18(19)39-13(2)34)7-8-41-11-16-20(27)22(29)24(31)23(30)21(16)28/h3-10H,11H2,1-2H3,(H,32,35,36)/b8-7+. The number of benzene rings is 3. The summed E-state index contributed by atoms with van der Waals surface area (Å²) in [7, 11) is 0. The van der Waals surface area contributed by atoms with Gasteiger partial charge in [-0.1, -0.05) is 6.07 Å². The Morgan fingerprint density at radius 2 is 1.56 bits per heavy atom. The highest BCUT2D eigenvalue weighted by Crippen LogP contribution is 2.31. The molecule has 0 aromatic heterocycles. The van der Waals surface area contributed by atoms with Crippen LogP contribution < -0.4 is 14.8 Å². The first kappa shape index (κ1) is 30.7. The molecule has 3 aromatic carbocycles. The fourth-order valence-electron chi connectivity index (χ4n) is 3.27. The zero-order valence-corrected chi connectivity index (χ0v) is 21.7. The Morgan fingerprint density at radius 3 is 2.15 bits per heavy atom. The largest absolute Gasteiger partial charge is 0.423 e. The lowest BCUT2D eigenvalue weighted by atomic mass is 10.1. The highest BCUT2D eigenvalue weighted by Gasteiger charge is 2.25. The normalized spacial score (nSPS) is 10.9. The van der Waals surface area contributed by atoms with E-state index in [1.54, 1.807) is 0 Å². The van der Waals surface area contributed by atoms with Crippen molar-refractivity contribution in [1.82, 2.24) is 5.32 Å². The van der Waals surface area contributed by atoms with Crippen molar-refractivity contribution >= 4 is 41.5 Å². The molecular weight excluding hydrogens is 579 g/mol. The smallest absolute Gasteiger partial charge is 0.419 e. The lowest BCUT2D eigenvalue weighted by Gasteiger charge is -2.11. The van der Waals surface area contributed by atoms with E-state index < -0.39 is 63.3 Å². The van der Waals surface area contributed by atoms with Crippen LogP contribution in [0.15, 0.2) is 41.8 Å². The molecule has 0 bridgehead atoms. The van der Waals surface area contributed by atoms with E-state index in [0.717, 1.165) is 19.1 Å². The maximum absolute atomic E-state index is 13.8. The molecule has 214 valence electrons. The summed E-state index contributed by atoms with van der Waals surface area (Å²) < 4.78 is 77.7. The van der Waals surface area contributed by atoms with E-state index in [9.17, 15) is 46.5 Å². The fraction of sp³-hybridized carbons (Fsp3) is 0.115. The lowest BCUT2D eigenvalue weighted by Crippen LogP contribution is -2.33. The highest BCUT2D eigenvalue weighted by atomic mass is 32.2. The van der Waals surface area contributed by atoms with Crippen LogP contribution in [0.3, 0.4) is 0 Å².